The van der Waals surface area contributed by atoms with Gasteiger partial charge in [-0.15, -0.1) is 5.10 Å². The van der Waals surface area contributed by atoms with E-state index < -0.39 is 0 Å². The summed E-state index contributed by atoms with van der Waals surface area (Å²) in [5.41, 5.74) is 0.655. The van der Waals surface area contributed by atoms with Gasteiger partial charge in [-0.05, 0) is 18.2 Å². The maximum absolute atomic E-state index is 12.7. The smallest absolute Gasteiger partial charge is 0.254 e. The highest BCUT2D eigenvalue weighted by molar-refractivity contribution is 5.95. The van der Waals surface area contributed by atoms with Gasteiger partial charge in [-0.3, -0.25) is 4.79 Å². The second-order valence-electron chi connectivity index (χ2n) is 6.27. The highest BCUT2D eigenvalue weighted by atomic mass is 16.5. The topological polar surface area (TPSA) is 58.6 Å². The molecule has 6 heteroatoms. The van der Waals surface area contributed by atoms with Crippen LogP contribution in [-0.2, 0) is 0 Å². The zero-order valence-corrected chi connectivity index (χ0v) is 14.6. The van der Waals surface area contributed by atoms with Gasteiger partial charge in [-0.1, -0.05) is 30.3 Å². The van der Waals surface area contributed by atoms with Gasteiger partial charge in [0.2, 0.25) is 0 Å². The monoisotopic (exact) mass is 348 g/mol. The molecule has 1 aromatic heterocycles. The number of carbonyl (C=O) groups excluding carboxylic acids is 1. The molecule has 1 aliphatic heterocycles. The van der Waals surface area contributed by atoms with Crippen LogP contribution in [0.5, 0.6) is 5.75 Å². The number of ether oxygens (including phenoxy) is 1. The molecule has 132 valence electrons. The Balaban J connectivity index is 1.49. The van der Waals surface area contributed by atoms with Crippen LogP contribution in [-0.4, -0.2) is 54.3 Å². The summed E-state index contributed by atoms with van der Waals surface area (Å²) in [6, 6.07) is 15.4. The minimum absolute atomic E-state index is 0.0348. The summed E-state index contributed by atoms with van der Waals surface area (Å²) in [4.78, 5) is 16.8. The Kier molecular flexibility index (Phi) is 4.39. The first-order valence-electron chi connectivity index (χ1n) is 8.65. The lowest BCUT2D eigenvalue weighted by Gasteiger charge is -2.35. The standard InChI is InChI=1S/C20H20N4O2/c1-26-17-7-4-6-15(13-17)20(25)24-11-9-23(10-12-24)19-18-8-3-2-5-16(18)14-21-22-19/h2-8,13-14H,9-12H2,1H3. The predicted octanol–water partition coefficient (Wildman–Crippen LogP) is 2.60. The second-order valence-corrected chi connectivity index (χ2v) is 6.27. The fraction of sp³-hybridized carbons (Fsp3) is 0.250. The quantitative estimate of drug-likeness (QED) is 0.728. The molecule has 0 atom stereocenters. The van der Waals surface area contributed by atoms with Crippen molar-refractivity contribution in [2.75, 3.05) is 38.2 Å². The molecule has 0 N–H and O–H groups in total. The largest absolute Gasteiger partial charge is 0.497 e. The van der Waals surface area contributed by atoms with Crippen molar-refractivity contribution in [3.05, 3.63) is 60.3 Å². The first-order valence-corrected chi connectivity index (χ1v) is 8.65. The molecular formula is C20H20N4O2. The predicted molar refractivity (Wildman–Crippen MR) is 101 cm³/mol. The highest BCUT2D eigenvalue weighted by Gasteiger charge is 2.24. The molecule has 1 aliphatic rings. The van der Waals surface area contributed by atoms with Crippen molar-refractivity contribution in [3.63, 3.8) is 0 Å². The van der Waals surface area contributed by atoms with Crippen molar-refractivity contribution in [2.45, 2.75) is 0 Å². The molecule has 0 bridgehead atoms. The van der Waals surface area contributed by atoms with Crippen molar-refractivity contribution in [1.29, 1.82) is 0 Å². The zero-order chi connectivity index (χ0) is 17.9. The molecule has 0 spiro atoms. The number of methoxy groups -OCH3 is 1. The summed E-state index contributed by atoms with van der Waals surface area (Å²) in [6.07, 6.45) is 1.78. The molecule has 2 heterocycles. The van der Waals surface area contributed by atoms with Gasteiger partial charge in [0, 0.05) is 42.5 Å². The van der Waals surface area contributed by atoms with E-state index >= 15 is 0 Å². The number of rotatable bonds is 3. The third-order valence-electron chi connectivity index (χ3n) is 4.73. The van der Waals surface area contributed by atoms with E-state index in [1.54, 1.807) is 19.4 Å². The van der Waals surface area contributed by atoms with Crippen LogP contribution < -0.4 is 9.64 Å². The third-order valence-corrected chi connectivity index (χ3v) is 4.73. The van der Waals surface area contributed by atoms with E-state index in [9.17, 15) is 4.79 Å². The number of hydrogen-bond donors (Lipinski definition) is 0. The number of aromatic nitrogens is 2. The number of hydrogen-bond acceptors (Lipinski definition) is 5. The van der Waals surface area contributed by atoms with Crippen LogP contribution in [0.15, 0.2) is 54.7 Å². The number of piperazine rings is 1. The van der Waals surface area contributed by atoms with E-state index in [-0.39, 0.29) is 5.91 Å². The van der Waals surface area contributed by atoms with Crippen LogP contribution in [0.4, 0.5) is 5.82 Å². The van der Waals surface area contributed by atoms with Gasteiger partial charge >= 0.3 is 0 Å². The summed E-state index contributed by atoms with van der Waals surface area (Å²) in [7, 11) is 1.60. The normalized spacial score (nSPS) is 14.5. The van der Waals surface area contributed by atoms with E-state index in [1.807, 2.05) is 41.3 Å². The summed E-state index contributed by atoms with van der Waals surface area (Å²) in [5, 5.41) is 10.6. The van der Waals surface area contributed by atoms with Crippen LogP contribution in [0.1, 0.15) is 10.4 Å². The van der Waals surface area contributed by atoms with Gasteiger partial charge in [0.25, 0.3) is 5.91 Å². The molecule has 1 amide bonds. The first-order chi connectivity index (χ1) is 12.8. The molecule has 1 fully saturated rings. The molecular weight excluding hydrogens is 328 g/mol. The molecule has 26 heavy (non-hydrogen) atoms. The van der Waals surface area contributed by atoms with Gasteiger partial charge in [-0.25, -0.2) is 0 Å². The lowest BCUT2D eigenvalue weighted by Crippen LogP contribution is -2.49. The van der Waals surface area contributed by atoms with E-state index in [4.69, 9.17) is 4.74 Å². The Bertz CT molecular complexity index is 931. The van der Waals surface area contributed by atoms with Crippen LogP contribution in [0, 0.1) is 0 Å². The minimum atomic E-state index is 0.0348. The second kappa shape index (κ2) is 7.00. The Morgan fingerprint density at radius 2 is 1.85 bits per heavy atom. The molecule has 0 saturated carbocycles. The van der Waals surface area contributed by atoms with E-state index in [0.29, 0.717) is 24.4 Å². The summed E-state index contributed by atoms with van der Waals surface area (Å²) in [5.74, 6) is 1.62. The first kappa shape index (κ1) is 16.3. The SMILES string of the molecule is COc1cccc(C(=O)N2CCN(c3nncc4ccccc34)CC2)c1. The molecule has 3 aromatic rings. The number of benzene rings is 2. The van der Waals surface area contributed by atoms with Gasteiger partial charge in [0.15, 0.2) is 5.82 Å². The van der Waals surface area contributed by atoms with E-state index in [1.165, 1.54) is 0 Å². The lowest BCUT2D eigenvalue weighted by molar-refractivity contribution is 0.0746. The maximum atomic E-state index is 12.7. The van der Waals surface area contributed by atoms with Gasteiger partial charge in [0.1, 0.15) is 5.75 Å². The zero-order valence-electron chi connectivity index (χ0n) is 14.6. The molecule has 0 unspecified atom stereocenters. The van der Waals surface area contributed by atoms with Crippen molar-refractivity contribution >= 4 is 22.5 Å². The number of amides is 1. The number of fused-ring (bicyclic) bond motifs is 1. The van der Waals surface area contributed by atoms with E-state index in [0.717, 1.165) is 29.7 Å². The van der Waals surface area contributed by atoms with Crippen molar-refractivity contribution in [2.24, 2.45) is 0 Å². The van der Waals surface area contributed by atoms with Gasteiger partial charge in [-0.2, -0.15) is 5.10 Å². The highest BCUT2D eigenvalue weighted by Crippen LogP contribution is 2.24. The number of anilines is 1. The number of carbonyl (C=O) groups is 1. The van der Waals surface area contributed by atoms with Crippen LogP contribution >= 0.6 is 0 Å². The summed E-state index contributed by atoms with van der Waals surface area (Å²) < 4.78 is 5.21. The van der Waals surface area contributed by atoms with Crippen LogP contribution in [0.25, 0.3) is 10.8 Å². The molecule has 4 rings (SSSR count). The fourth-order valence-electron chi connectivity index (χ4n) is 3.31. The van der Waals surface area contributed by atoms with Crippen molar-refractivity contribution in [3.8, 4) is 5.75 Å². The molecule has 2 aromatic carbocycles. The average molecular weight is 348 g/mol. The summed E-state index contributed by atoms with van der Waals surface area (Å²) >= 11 is 0. The van der Waals surface area contributed by atoms with Crippen molar-refractivity contribution < 1.29 is 9.53 Å². The number of nitrogens with zero attached hydrogens (tertiary/aromatic N) is 4. The van der Waals surface area contributed by atoms with E-state index in [2.05, 4.69) is 21.2 Å². The fourth-order valence-corrected chi connectivity index (χ4v) is 3.31. The third kappa shape index (κ3) is 3.06. The van der Waals surface area contributed by atoms with Gasteiger partial charge < -0.3 is 14.5 Å². The average Bonchev–Trinajstić information content (AvgIpc) is 2.73. The van der Waals surface area contributed by atoms with Gasteiger partial charge in [0.05, 0.1) is 13.3 Å². The molecule has 0 aliphatic carbocycles. The van der Waals surface area contributed by atoms with Crippen molar-refractivity contribution in [1.82, 2.24) is 15.1 Å². The Labute approximate surface area is 152 Å². The minimum Gasteiger partial charge on any atom is -0.497 e. The maximum Gasteiger partial charge on any atom is 0.254 e. The Hall–Kier alpha value is -3.15. The molecule has 1 saturated heterocycles. The Morgan fingerprint density at radius 3 is 2.65 bits per heavy atom. The molecule has 0 radical (unpaired) electrons. The summed E-state index contributed by atoms with van der Waals surface area (Å²) in [6.45, 7) is 2.78. The van der Waals surface area contributed by atoms with Crippen LogP contribution in [0.3, 0.4) is 0 Å². The lowest BCUT2D eigenvalue weighted by atomic mass is 10.1. The molecule has 6 nitrogen and oxygen atoms in total. The van der Waals surface area contributed by atoms with Crippen LogP contribution in [0.2, 0.25) is 0 Å². The Morgan fingerprint density at radius 1 is 1.04 bits per heavy atom.